The van der Waals surface area contributed by atoms with Crippen LogP contribution in [0.4, 0.5) is 0 Å². The van der Waals surface area contributed by atoms with Crippen LogP contribution in [0.1, 0.15) is 17.0 Å². The molecule has 92 valence electrons. The number of thiazole rings is 1. The van der Waals surface area contributed by atoms with Gasteiger partial charge in [-0.3, -0.25) is 0 Å². The molecule has 3 nitrogen and oxygen atoms in total. The lowest BCUT2D eigenvalue weighted by atomic mass is 10.1. The zero-order chi connectivity index (χ0) is 13.0. The second-order valence-electron chi connectivity index (χ2n) is 3.97. The van der Waals surface area contributed by atoms with E-state index in [9.17, 15) is 0 Å². The molecule has 1 aromatic carbocycles. The number of benzene rings is 1. The van der Waals surface area contributed by atoms with E-state index in [2.05, 4.69) is 17.1 Å². The van der Waals surface area contributed by atoms with Crippen LogP contribution in [0.5, 0.6) is 5.75 Å². The first-order valence-electron chi connectivity index (χ1n) is 5.71. The zero-order valence-electron chi connectivity index (χ0n) is 10.4. The molecule has 0 aliphatic heterocycles. The molecule has 0 saturated heterocycles. The predicted molar refractivity (Wildman–Crippen MR) is 72.8 cm³/mol. The van der Waals surface area contributed by atoms with Crippen molar-refractivity contribution >= 4 is 11.3 Å². The van der Waals surface area contributed by atoms with E-state index in [-0.39, 0.29) is 0 Å². The third-order valence-electron chi connectivity index (χ3n) is 2.69. The topological polar surface area (TPSA) is 45.9 Å². The third kappa shape index (κ3) is 2.69. The lowest BCUT2D eigenvalue weighted by Gasteiger charge is -2.05. The average molecular weight is 258 g/mol. The number of nitriles is 1. The molecule has 1 heterocycles. The van der Waals surface area contributed by atoms with E-state index < -0.39 is 0 Å². The Morgan fingerprint density at radius 1 is 1.44 bits per heavy atom. The largest absolute Gasteiger partial charge is 0.496 e. The van der Waals surface area contributed by atoms with Crippen LogP contribution in [0, 0.1) is 18.3 Å². The van der Waals surface area contributed by atoms with E-state index in [1.807, 2.05) is 24.4 Å². The van der Waals surface area contributed by atoms with Gasteiger partial charge in [-0.1, -0.05) is 0 Å². The second kappa shape index (κ2) is 5.65. The predicted octanol–water partition coefficient (Wildman–Crippen LogP) is 3.58. The SMILES string of the molecule is COc1ccc(-c2csc(CCC#N)n2)cc1C. The molecular weight excluding hydrogens is 244 g/mol. The highest BCUT2D eigenvalue weighted by Crippen LogP contribution is 2.27. The summed E-state index contributed by atoms with van der Waals surface area (Å²) < 4.78 is 5.24. The van der Waals surface area contributed by atoms with Gasteiger partial charge in [-0.05, 0) is 30.7 Å². The summed E-state index contributed by atoms with van der Waals surface area (Å²) >= 11 is 1.61. The number of hydrogen-bond donors (Lipinski definition) is 0. The second-order valence-corrected chi connectivity index (χ2v) is 4.91. The average Bonchev–Trinajstić information content (AvgIpc) is 2.85. The van der Waals surface area contributed by atoms with Gasteiger partial charge in [0.05, 0.1) is 23.9 Å². The van der Waals surface area contributed by atoms with Crippen molar-refractivity contribution in [1.29, 1.82) is 5.26 Å². The molecule has 0 radical (unpaired) electrons. The maximum Gasteiger partial charge on any atom is 0.121 e. The van der Waals surface area contributed by atoms with Crippen LogP contribution in [0.3, 0.4) is 0 Å². The summed E-state index contributed by atoms with van der Waals surface area (Å²) in [6.45, 7) is 2.02. The molecule has 0 fully saturated rings. The van der Waals surface area contributed by atoms with Crippen molar-refractivity contribution in [2.24, 2.45) is 0 Å². The number of nitrogens with zero attached hydrogens (tertiary/aromatic N) is 2. The summed E-state index contributed by atoms with van der Waals surface area (Å²) in [6.07, 6.45) is 1.25. The maximum atomic E-state index is 8.56. The normalized spacial score (nSPS) is 10.1. The number of rotatable bonds is 4. The Kier molecular flexibility index (Phi) is 3.96. The summed E-state index contributed by atoms with van der Waals surface area (Å²) in [7, 11) is 1.67. The minimum Gasteiger partial charge on any atom is -0.496 e. The minimum atomic E-state index is 0.522. The van der Waals surface area contributed by atoms with E-state index in [0.717, 1.165) is 34.0 Å². The standard InChI is InChI=1S/C14H14N2OS/c1-10-8-11(5-6-13(10)17-2)12-9-18-14(16-12)4-3-7-15/h5-6,8-9H,3-4H2,1-2H3. The summed E-state index contributed by atoms with van der Waals surface area (Å²) in [6, 6.07) is 8.18. The van der Waals surface area contributed by atoms with Crippen LogP contribution in [0.2, 0.25) is 0 Å². The quantitative estimate of drug-likeness (QED) is 0.842. The summed E-state index contributed by atoms with van der Waals surface area (Å²) in [4.78, 5) is 4.54. The summed E-state index contributed by atoms with van der Waals surface area (Å²) in [5.41, 5.74) is 3.16. The fraction of sp³-hybridized carbons (Fsp3) is 0.286. The third-order valence-corrected chi connectivity index (χ3v) is 3.60. The van der Waals surface area contributed by atoms with Gasteiger partial charge in [-0.15, -0.1) is 11.3 Å². The Labute approximate surface area is 111 Å². The number of hydrogen-bond acceptors (Lipinski definition) is 4. The summed E-state index contributed by atoms with van der Waals surface area (Å²) in [5, 5.41) is 11.6. The van der Waals surface area contributed by atoms with Crippen LogP contribution >= 0.6 is 11.3 Å². The molecule has 4 heteroatoms. The first kappa shape index (κ1) is 12.6. The first-order valence-corrected chi connectivity index (χ1v) is 6.59. The Balaban J connectivity index is 2.23. The van der Waals surface area contributed by atoms with Crippen LogP contribution in [0.15, 0.2) is 23.6 Å². The molecule has 2 aromatic rings. The van der Waals surface area contributed by atoms with Gasteiger partial charge in [0.15, 0.2) is 0 Å². The van der Waals surface area contributed by atoms with Crippen molar-refractivity contribution < 1.29 is 4.74 Å². The van der Waals surface area contributed by atoms with E-state index in [0.29, 0.717) is 6.42 Å². The fourth-order valence-corrected chi connectivity index (χ4v) is 2.57. The van der Waals surface area contributed by atoms with Crippen molar-refractivity contribution in [1.82, 2.24) is 4.98 Å². The van der Waals surface area contributed by atoms with Gasteiger partial charge in [0.2, 0.25) is 0 Å². The monoisotopic (exact) mass is 258 g/mol. The zero-order valence-corrected chi connectivity index (χ0v) is 11.3. The van der Waals surface area contributed by atoms with Gasteiger partial charge in [-0.2, -0.15) is 5.26 Å². The van der Waals surface area contributed by atoms with Crippen LogP contribution in [0.25, 0.3) is 11.3 Å². The number of methoxy groups -OCH3 is 1. The lowest BCUT2D eigenvalue weighted by Crippen LogP contribution is -1.88. The van der Waals surface area contributed by atoms with Crippen molar-refractivity contribution in [3.63, 3.8) is 0 Å². The molecule has 0 bridgehead atoms. The molecule has 0 unspecified atom stereocenters. The van der Waals surface area contributed by atoms with Gasteiger partial charge in [-0.25, -0.2) is 4.98 Å². The van der Waals surface area contributed by atoms with Crippen molar-refractivity contribution in [2.75, 3.05) is 7.11 Å². The van der Waals surface area contributed by atoms with Crippen molar-refractivity contribution in [2.45, 2.75) is 19.8 Å². The molecule has 18 heavy (non-hydrogen) atoms. The minimum absolute atomic E-state index is 0.522. The molecule has 0 amide bonds. The van der Waals surface area contributed by atoms with Crippen LogP contribution < -0.4 is 4.74 Å². The fourth-order valence-electron chi connectivity index (χ4n) is 1.76. The lowest BCUT2D eigenvalue weighted by molar-refractivity contribution is 0.412. The van der Waals surface area contributed by atoms with E-state index in [1.165, 1.54) is 0 Å². The van der Waals surface area contributed by atoms with Gasteiger partial charge >= 0.3 is 0 Å². The smallest absolute Gasteiger partial charge is 0.121 e. The molecule has 0 atom stereocenters. The Hall–Kier alpha value is -1.86. The molecular formula is C14H14N2OS. The maximum absolute atomic E-state index is 8.56. The molecule has 0 aliphatic rings. The summed E-state index contributed by atoms with van der Waals surface area (Å²) in [5.74, 6) is 0.888. The highest BCUT2D eigenvalue weighted by atomic mass is 32.1. The van der Waals surface area contributed by atoms with Gasteiger partial charge in [0.1, 0.15) is 5.75 Å². The van der Waals surface area contributed by atoms with Crippen LogP contribution in [-0.4, -0.2) is 12.1 Å². The molecule has 0 spiro atoms. The van der Waals surface area contributed by atoms with Crippen molar-refractivity contribution in [3.05, 3.63) is 34.2 Å². The van der Waals surface area contributed by atoms with E-state index >= 15 is 0 Å². The Morgan fingerprint density at radius 2 is 2.28 bits per heavy atom. The molecule has 0 aliphatic carbocycles. The molecule has 1 aromatic heterocycles. The number of ether oxygens (including phenoxy) is 1. The molecule has 2 rings (SSSR count). The first-order chi connectivity index (χ1) is 8.74. The van der Waals surface area contributed by atoms with Crippen molar-refractivity contribution in [3.8, 4) is 23.1 Å². The Bertz CT molecular complexity index is 584. The van der Waals surface area contributed by atoms with Gasteiger partial charge < -0.3 is 4.74 Å². The van der Waals surface area contributed by atoms with Gasteiger partial charge in [0.25, 0.3) is 0 Å². The highest BCUT2D eigenvalue weighted by molar-refractivity contribution is 7.09. The highest BCUT2D eigenvalue weighted by Gasteiger charge is 2.06. The van der Waals surface area contributed by atoms with E-state index in [4.69, 9.17) is 10.00 Å². The molecule has 0 saturated carbocycles. The van der Waals surface area contributed by atoms with E-state index in [1.54, 1.807) is 18.4 Å². The number of aryl methyl sites for hydroxylation is 2. The number of aromatic nitrogens is 1. The molecule has 0 N–H and O–H groups in total. The van der Waals surface area contributed by atoms with Crippen LogP contribution in [-0.2, 0) is 6.42 Å². The van der Waals surface area contributed by atoms with Gasteiger partial charge in [0, 0.05) is 23.8 Å². The Morgan fingerprint density at radius 3 is 2.94 bits per heavy atom.